The summed E-state index contributed by atoms with van der Waals surface area (Å²) < 4.78 is 10.2. The molecule has 1 aromatic heterocycles. The first-order valence-electron chi connectivity index (χ1n) is 9.59. The van der Waals surface area contributed by atoms with Crippen molar-refractivity contribution in [3.63, 3.8) is 0 Å². The van der Waals surface area contributed by atoms with Gasteiger partial charge in [-0.05, 0) is 25.1 Å². The van der Waals surface area contributed by atoms with Gasteiger partial charge in [0.25, 0.3) is 17.2 Å². The number of H-pyrrole nitrogens is 1. The van der Waals surface area contributed by atoms with Crippen LogP contribution in [0.25, 0.3) is 10.9 Å². The van der Waals surface area contributed by atoms with Gasteiger partial charge in [0.15, 0.2) is 6.10 Å². The van der Waals surface area contributed by atoms with E-state index in [0.29, 0.717) is 16.7 Å². The normalized spacial score (nSPS) is 11.6. The van der Waals surface area contributed by atoms with Crippen molar-refractivity contribution >= 4 is 34.2 Å². The monoisotopic (exact) mass is 440 g/mol. The number of hydrogen-bond acceptors (Lipinski definition) is 8. The number of carbonyl (C=O) groups excluding carboxylic acids is 2. The topological polar surface area (TPSA) is 154 Å². The van der Waals surface area contributed by atoms with Gasteiger partial charge in [0, 0.05) is 18.6 Å². The highest BCUT2D eigenvalue weighted by atomic mass is 16.6. The van der Waals surface area contributed by atoms with Crippen LogP contribution in [0.1, 0.15) is 19.2 Å². The van der Waals surface area contributed by atoms with E-state index in [9.17, 15) is 24.5 Å². The third-order valence-corrected chi connectivity index (χ3v) is 4.56. The van der Waals surface area contributed by atoms with Crippen LogP contribution in [0.3, 0.4) is 0 Å². The second-order valence-corrected chi connectivity index (χ2v) is 6.79. The van der Waals surface area contributed by atoms with Crippen molar-refractivity contribution in [2.24, 2.45) is 0 Å². The molecule has 0 aliphatic rings. The summed E-state index contributed by atoms with van der Waals surface area (Å²) in [6.45, 7) is 1.37. The van der Waals surface area contributed by atoms with Gasteiger partial charge in [0.1, 0.15) is 11.6 Å². The summed E-state index contributed by atoms with van der Waals surface area (Å²) >= 11 is 0. The first-order chi connectivity index (χ1) is 15.3. The first kappa shape index (κ1) is 22.4. The van der Waals surface area contributed by atoms with Crippen molar-refractivity contribution in [1.29, 1.82) is 0 Å². The van der Waals surface area contributed by atoms with Gasteiger partial charge in [-0.15, -0.1) is 0 Å². The van der Waals surface area contributed by atoms with Crippen LogP contribution in [0, 0.1) is 10.1 Å². The van der Waals surface area contributed by atoms with Crippen LogP contribution in [0.5, 0.6) is 5.75 Å². The summed E-state index contributed by atoms with van der Waals surface area (Å²) in [5.41, 5.74) is 0.0473. The van der Waals surface area contributed by atoms with Crippen molar-refractivity contribution in [2.45, 2.75) is 25.9 Å². The molecule has 3 aromatic rings. The number of amides is 1. The fourth-order valence-electron chi connectivity index (χ4n) is 2.92. The van der Waals surface area contributed by atoms with Crippen molar-refractivity contribution in [1.82, 2.24) is 9.97 Å². The summed E-state index contributed by atoms with van der Waals surface area (Å²) in [6, 6.07) is 10.6. The van der Waals surface area contributed by atoms with Crippen molar-refractivity contribution in [3.8, 4) is 5.75 Å². The molecular formula is C21H20N4O7. The zero-order chi connectivity index (χ0) is 23.3. The minimum absolute atomic E-state index is 0.0764. The van der Waals surface area contributed by atoms with E-state index in [-0.39, 0.29) is 35.5 Å². The molecule has 32 heavy (non-hydrogen) atoms. The maximum Gasteiger partial charge on any atom is 0.307 e. The molecule has 1 unspecified atom stereocenters. The largest absolute Gasteiger partial charge is 0.495 e. The molecule has 0 aliphatic carbocycles. The summed E-state index contributed by atoms with van der Waals surface area (Å²) in [6.07, 6.45) is -1.17. The highest BCUT2D eigenvalue weighted by Crippen LogP contribution is 2.29. The second kappa shape index (κ2) is 9.69. The minimum atomic E-state index is -1.17. The SMILES string of the molecule is COc1ccc([N+](=O)[O-])cc1NC(=O)C(C)OC(=O)CCc1nc2ccccc2c(=O)[nH]1. The molecule has 2 aromatic carbocycles. The Bertz CT molecular complexity index is 1240. The number of nitro groups is 1. The molecule has 0 saturated carbocycles. The number of benzene rings is 2. The van der Waals surface area contributed by atoms with Gasteiger partial charge in [0.2, 0.25) is 0 Å². The summed E-state index contributed by atoms with van der Waals surface area (Å²) in [7, 11) is 1.35. The molecule has 1 atom stereocenters. The van der Waals surface area contributed by atoms with E-state index in [4.69, 9.17) is 9.47 Å². The van der Waals surface area contributed by atoms with E-state index in [1.165, 1.54) is 26.2 Å². The van der Waals surface area contributed by atoms with E-state index in [1.54, 1.807) is 24.3 Å². The van der Waals surface area contributed by atoms with Crippen LogP contribution < -0.4 is 15.6 Å². The highest BCUT2D eigenvalue weighted by Gasteiger charge is 2.21. The van der Waals surface area contributed by atoms with Gasteiger partial charge in [-0.2, -0.15) is 0 Å². The maximum absolute atomic E-state index is 12.4. The van der Waals surface area contributed by atoms with Crippen LogP contribution in [0.4, 0.5) is 11.4 Å². The Hall–Kier alpha value is -4.28. The van der Waals surface area contributed by atoms with Gasteiger partial charge >= 0.3 is 5.97 Å². The molecule has 0 bridgehead atoms. The fourth-order valence-corrected chi connectivity index (χ4v) is 2.92. The lowest BCUT2D eigenvalue weighted by Crippen LogP contribution is -2.30. The van der Waals surface area contributed by atoms with E-state index in [2.05, 4.69) is 15.3 Å². The van der Waals surface area contributed by atoms with E-state index < -0.39 is 22.9 Å². The van der Waals surface area contributed by atoms with Crippen LogP contribution >= 0.6 is 0 Å². The molecule has 0 aliphatic heterocycles. The lowest BCUT2D eigenvalue weighted by Gasteiger charge is -2.15. The van der Waals surface area contributed by atoms with Gasteiger partial charge in [-0.25, -0.2) is 4.98 Å². The number of rotatable bonds is 8. The predicted octanol–water partition coefficient (Wildman–Crippen LogP) is 2.34. The molecule has 1 amide bonds. The number of fused-ring (bicyclic) bond motifs is 1. The quantitative estimate of drug-likeness (QED) is 0.307. The maximum atomic E-state index is 12.4. The van der Waals surface area contributed by atoms with Crippen LogP contribution in [-0.2, 0) is 20.7 Å². The zero-order valence-electron chi connectivity index (χ0n) is 17.3. The van der Waals surface area contributed by atoms with Gasteiger partial charge in [-0.3, -0.25) is 24.5 Å². The average Bonchev–Trinajstić information content (AvgIpc) is 2.77. The number of hydrogen-bond donors (Lipinski definition) is 2. The Kier molecular flexibility index (Phi) is 6.78. The highest BCUT2D eigenvalue weighted by molar-refractivity contribution is 5.96. The number of aryl methyl sites for hydroxylation is 1. The van der Waals surface area contributed by atoms with Gasteiger partial charge < -0.3 is 19.8 Å². The number of nitro benzene ring substituents is 1. The number of anilines is 1. The number of ether oxygens (including phenoxy) is 2. The number of esters is 1. The third kappa shape index (κ3) is 5.25. The summed E-state index contributed by atoms with van der Waals surface area (Å²) in [5.74, 6) is -0.818. The Labute approximate surface area is 181 Å². The van der Waals surface area contributed by atoms with Crippen LogP contribution in [0.2, 0.25) is 0 Å². The standard InChI is InChI=1S/C21H20N4O7/c1-12(20(27)23-16-11-13(25(29)30)7-8-17(16)31-2)32-19(26)10-9-18-22-15-6-4-3-5-14(15)21(28)24-18/h3-8,11-12H,9-10H2,1-2H3,(H,23,27)(H,22,24,28). The number of aromatic nitrogens is 2. The molecule has 11 heteroatoms. The second-order valence-electron chi connectivity index (χ2n) is 6.79. The fraction of sp³-hybridized carbons (Fsp3) is 0.238. The number of non-ortho nitro benzene ring substituents is 1. The third-order valence-electron chi connectivity index (χ3n) is 4.56. The van der Waals surface area contributed by atoms with Gasteiger partial charge in [0.05, 0.1) is 35.0 Å². The predicted molar refractivity (Wildman–Crippen MR) is 115 cm³/mol. The molecule has 0 spiro atoms. The Morgan fingerprint density at radius 3 is 2.72 bits per heavy atom. The van der Waals surface area contributed by atoms with Crippen LogP contribution in [0.15, 0.2) is 47.3 Å². The molecule has 0 radical (unpaired) electrons. The lowest BCUT2D eigenvalue weighted by atomic mass is 10.2. The van der Waals surface area contributed by atoms with Gasteiger partial charge in [-0.1, -0.05) is 12.1 Å². The van der Waals surface area contributed by atoms with Crippen molar-refractivity contribution < 1.29 is 24.0 Å². The number of carbonyl (C=O) groups is 2. The van der Waals surface area contributed by atoms with E-state index >= 15 is 0 Å². The molecule has 0 fully saturated rings. The number of methoxy groups -OCH3 is 1. The van der Waals surface area contributed by atoms with Crippen LogP contribution in [-0.4, -0.2) is 40.0 Å². The number of nitrogens with one attached hydrogen (secondary N) is 2. The molecule has 1 heterocycles. The Morgan fingerprint density at radius 2 is 2.00 bits per heavy atom. The smallest absolute Gasteiger partial charge is 0.307 e. The summed E-state index contributed by atoms with van der Waals surface area (Å²) in [5, 5.41) is 13.9. The molecule has 3 rings (SSSR count). The summed E-state index contributed by atoms with van der Waals surface area (Å²) in [4.78, 5) is 53.9. The Morgan fingerprint density at radius 1 is 1.25 bits per heavy atom. The molecule has 0 saturated heterocycles. The minimum Gasteiger partial charge on any atom is -0.495 e. The van der Waals surface area contributed by atoms with E-state index in [0.717, 1.165) is 6.07 Å². The first-order valence-corrected chi connectivity index (χ1v) is 9.59. The number of para-hydroxylation sites is 1. The average molecular weight is 440 g/mol. The molecular weight excluding hydrogens is 420 g/mol. The Balaban J connectivity index is 1.60. The van der Waals surface area contributed by atoms with Crippen molar-refractivity contribution in [3.05, 3.63) is 68.8 Å². The van der Waals surface area contributed by atoms with Crippen molar-refractivity contribution in [2.75, 3.05) is 12.4 Å². The van der Waals surface area contributed by atoms with E-state index in [1.807, 2.05) is 0 Å². The zero-order valence-corrected chi connectivity index (χ0v) is 17.3. The number of nitrogens with zero attached hydrogens (tertiary/aromatic N) is 2. The molecule has 11 nitrogen and oxygen atoms in total. The molecule has 2 N–H and O–H groups in total. The lowest BCUT2D eigenvalue weighted by molar-refractivity contribution is -0.384. The molecule has 166 valence electrons. The number of aromatic amines is 1.